The Bertz CT molecular complexity index is 538. The Morgan fingerprint density at radius 2 is 2.11 bits per heavy atom. The van der Waals surface area contributed by atoms with E-state index in [9.17, 15) is 0 Å². The second kappa shape index (κ2) is 6.20. The van der Waals surface area contributed by atoms with Gasteiger partial charge < -0.3 is 5.32 Å². The summed E-state index contributed by atoms with van der Waals surface area (Å²) in [4.78, 5) is 1.25. The molecule has 1 N–H and O–H groups in total. The van der Waals surface area contributed by atoms with Crippen LogP contribution >= 0.6 is 38.9 Å². The predicted octanol–water partition coefficient (Wildman–Crippen LogP) is 5.17. The normalized spacial score (nSPS) is 12.7. The van der Waals surface area contributed by atoms with Crippen LogP contribution in [-0.2, 0) is 0 Å². The van der Waals surface area contributed by atoms with Crippen molar-refractivity contribution in [2.75, 3.05) is 6.54 Å². The molecule has 2 rings (SSSR count). The molecule has 0 saturated heterocycles. The van der Waals surface area contributed by atoms with Crippen molar-refractivity contribution in [3.05, 3.63) is 55.1 Å². The highest BCUT2D eigenvalue weighted by Crippen LogP contribution is 2.34. The smallest absolute Gasteiger partial charge is 0.0931 e. The molecule has 0 radical (unpaired) electrons. The molecular formula is C14H15BrClNS. The van der Waals surface area contributed by atoms with Gasteiger partial charge in [0.25, 0.3) is 0 Å². The van der Waals surface area contributed by atoms with Gasteiger partial charge >= 0.3 is 0 Å². The number of halogens is 2. The SMILES string of the molecule is CCNC(c1ccc(Cl)s1)c1cccc(Br)c1C. The minimum atomic E-state index is 0.213. The Morgan fingerprint density at radius 3 is 2.72 bits per heavy atom. The van der Waals surface area contributed by atoms with Crippen molar-refractivity contribution >= 4 is 38.9 Å². The van der Waals surface area contributed by atoms with Crippen molar-refractivity contribution in [2.24, 2.45) is 0 Å². The summed E-state index contributed by atoms with van der Waals surface area (Å²) in [6, 6.07) is 10.6. The summed E-state index contributed by atoms with van der Waals surface area (Å²) < 4.78 is 1.98. The Morgan fingerprint density at radius 1 is 1.33 bits per heavy atom. The Kier molecular flexibility index (Phi) is 4.84. The van der Waals surface area contributed by atoms with Gasteiger partial charge in [-0.2, -0.15) is 0 Å². The first-order chi connectivity index (χ1) is 8.63. The third-order valence-corrected chi connectivity index (χ3v) is 5.06. The van der Waals surface area contributed by atoms with Crippen LogP contribution in [0.4, 0.5) is 0 Å². The zero-order chi connectivity index (χ0) is 13.1. The molecule has 1 nitrogen and oxygen atoms in total. The van der Waals surface area contributed by atoms with Gasteiger partial charge in [0.15, 0.2) is 0 Å². The van der Waals surface area contributed by atoms with E-state index in [1.165, 1.54) is 16.0 Å². The molecule has 0 aliphatic carbocycles. The summed E-state index contributed by atoms with van der Waals surface area (Å²) in [6.45, 7) is 5.18. The maximum atomic E-state index is 6.04. The second-order valence-electron chi connectivity index (χ2n) is 4.09. The zero-order valence-electron chi connectivity index (χ0n) is 10.3. The lowest BCUT2D eigenvalue weighted by Crippen LogP contribution is -2.21. The van der Waals surface area contributed by atoms with Crippen LogP contribution < -0.4 is 5.32 Å². The average Bonchev–Trinajstić information content (AvgIpc) is 2.77. The van der Waals surface area contributed by atoms with E-state index in [2.05, 4.69) is 59.4 Å². The van der Waals surface area contributed by atoms with Crippen molar-refractivity contribution in [2.45, 2.75) is 19.9 Å². The third-order valence-electron chi connectivity index (χ3n) is 2.91. The first-order valence-corrected chi connectivity index (χ1v) is 7.86. The topological polar surface area (TPSA) is 12.0 Å². The predicted molar refractivity (Wildman–Crippen MR) is 83.7 cm³/mol. The highest BCUT2D eigenvalue weighted by Gasteiger charge is 2.17. The standard InChI is InChI=1S/C14H15BrClNS/c1-3-17-14(12-7-8-13(16)18-12)10-5-4-6-11(15)9(10)2/h4-8,14,17H,3H2,1-2H3. The molecule has 0 bridgehead atoms. The lowest BCUT2D eigenvalue weighted by molar-refractivity contribution is 0.636. The molecule has 1 atom stereocenters. The van der Waals surface area contributed by atoms with Gasteiger partial charge in [0.1, 0.15) is 0 Å². The summed E-state index contributed by atoms with van der Waals surface area (Å²) in [5.41, 5.74) is 2.57. The summed E-state index contributed by atoms with van der Waals surface area (Å²) in [5, 5.41) is 3.53. The highest BCUT2D eigenvalue weighted by atomic mass is 79.9. The number of thiophene rings is 1. The molecule has 0 aliphatic heterocycles. The lowest BCUT2D eigenvalue weighted by atomic mass is 10.00. The molecule has 2 aromatic rings. The molecule has 1 heterocycles. The van der Waals surface area contributed by atoms with Crippen LogP contribution in [0.3, 0.4) is 0 Å². The van der Waals surface area contributed by atoms with Crippen LogP contribution in [0.15, 0.2) is 34.8 Å². The third kappa shape index (κ3) is 2.97. The van der Waals surface area contributed by atoms with E-state index in [1.807, 2.05) is 6.07 Å². The van der Waals surface area contributed by atoms with Crippen molar-refractivity contribution in [3.8, 4) is 0 Å². The summed E-state index contributed by atoms with van der Waals surface area (Å²) in [6.07, 6.45) is 0. The Hall–Kier alpha value is -0.350. The lowest BCUT2D eigenvalue weighted by Gasteiger charge is -2.19. The van der Waals surface area contributed by atoms with Gasteiger partial charge in [-0.3, -0.25) is 0 Å². The molecule has 0 saturated carbocycles. The van der Waals surface area contributed by atoms with Crippen LogP contribution in [0.2, 0.25) is 4.34 Å². The van der Waals surface area contributed by atoms with E-state index in [0.717, 1.165) is 15.4 Å². The van der Waals surface area contributed by atoms with Gasteiger partial charge in [-0.1, -0.05) is 46.6 Å². The highest BCUT2D eigenvalue weighted by molar-refractivity contribution is 9.10. The molecule has 1 aromatic carbocycles. The van der Waals surface area contributed by atoms with E-state index in [4.69, 9.17) is 11.6 Å². The molecule has 0 aliphatic rings. The van der Waals surface area contributed by atoms with Gasteiger partial charge in [0.05, 0.1) is 10.4 Å². The van der Waals surface area contributed by atoms with Crippen LogP contribution in [-0.4, -0.2) is 6.54 Å². The maximum absolute atomic E-state index is 6.04. The first-order valence-electron chi connectivity index (χ1n) is 5.87. The molecule has 1 aromatic heterocycles. The second-order valence-corrected chi connectivity index (χ2v) is 6.69. The average molecular weight is 345 g/mol. The van der Waals surface area contributed by atoms with E-state index >= 15 is 0 Å². The molecule has 0 spiro atoms. The van der Waals surface area contributed by atoms with Gasteiger partial charge in [0.2, 0.25) is 0 Å². The van der Waals surface area contributed by atoms with E-state index in [-0.39, 0.29) is 6.04 Å². The van der Waals surface area contributed by atoms with Crippen molar-refractivity contribution in [1.29, 1.82) is 0 Å². The zero-order valence-corrected chi connectivity index (χ0v) is 13.5. The minimum Gasteiger partial charge on any atom is -0.306 e. The summed E-state index contributed by atoms with van der Waals surface area (Å²) in [5.74, 6) is 0. The molecule has 18 heavy (non-hydrogen) atoms. The molecular weight excluding hydrogens is 330 g/mol. The van der Waals surface area contributed by atoms with E-state index < -0.39 is 0 Å². The number of hydrogen-bond donors (Lipinski definition) is 1. The van der Waals surface area contributed by atoms with Crippen LogP contribution in [0.1, 0.15) is 29.0 Å². The van der Waals surface area contributed by atoms with Crippen LogP contribution in [0.5, 0.6) is 0 Å². The van der Waals surface area contributed by atoms with Gasteiger partial charge in [-0.05, 0) is 42.8 Å². The van der Waals surface area contributed by atoms with Gasteiger partial charge in [0, 0.05) is 9.35 Å². The number of benzene rings is 1. The van der Waals surface area contributed by atoms with Crippen molar-refractivity contribution in [1.82, 2.24) is 5.32 Å². The minimum absolute atomic E-state index is 0.213. The molecule has 0 fully saturated rings. The van der Waals surface area contributed by atoms with Crippen LogP contribution in [0, 0.1) is 6.92 Å². The molecule has 96 valence electrons. The fraction of sp³-hybridized carbons (Fsp3) is 0.286. The summed E-state index contributed by atoms with van der Waals surface area (Å²) >= 11 is 11.3. The van der Waals surface area contributed by atoms with Gasteiger partial charge in [-0.25, -0.2) is 0 Å². The monoisotopic (exact) mass is 343 g/mol. The fourth-order valence-corrected chi connectivity index (χ4v) is 3.53. The Balaban J connectivity index is 2.44. The quantitative estimate of drug-likeness (QED) is 0.806. The summed E-state index contributed by atoms with van der Waals surface area (Å²) in [7, 11) is 0. The maximum Gasteiger partial charge on any atom is 0.0931 e. The van der Waals surface area contributed by atoms with Gasteiger partial charge in [-0.15, -0.1) is 11.3 Å². The molecule has 4 heteroatoms. The van der Waals surface area contributed by atoms with Crippen LogP contribution in [0.25, 0.3) is 0 Å². The fourth-order valence-electron chi connectivity index (χ4n) is 1.99. The number of hydrogen-bond acceptors (Lipinski definition) is 2. The molecule has 1 unspecified atom stereocenters. The van der Waals surface area contributed by atoms with E-state index in [1.54, 1.807) is 11.3 Å². The van der Waals surface area contributed by atoms with E-state index in [0.29, 0.717) is 0 Å². The first kappa shape index (κ1) is 14.1. The Labute approximate surface area is 125 Å². The number of rotatable bonds is 4. The van der Waals surface area contributed by atoms with Crippen molar-refractivity contribution < 1.29 is 0 Å². The van der Waals surface area contributed by atoms with Crippen molar-refractivity contribution in [3.63, 3.8) is 0 Å². The molecule has 0 amide bonds. The number of nitrogens with one attached hydrogen (secondary N) is 1. The largest absolute Gasteiger partial charge is 0.306 e.